The molecule has 4 heteroatoms. The second-order valence-corrected chi connectivity index (χ2v) is 11.8. The van der Waals surface area contributed by atoms with Crippen LogP contribution in [-0.4, -0.2) is 23.1 Å². The number of hydrogen-bond donors (Lipinski definition) is 0. The van der Waals surface area contributed by atoms with Gasteiger partial charge in [0.1, 0.15) is 0 Å². The van der Waals surface area contributed by atoms with Gasteiger partial charge in [-0.05, 0) is 85.0 Å². The van der Waals surface area contributed by atoms with Gasteiger partial charge in [0, 0.05) is 5.92 Å². The number of hydrogen-bond acceptors (Lipinski definition) is 4. The normalized spacial score (nSPS) is 30.8. The van der Waals surface area contributed by atoms with Crippen LogP contribution in [-0.2, 0) is 19.2 Å². The first-order valence-corrected chi connectivity index (χ1v) is 12.7. The van der Waals surface area contributed by atoms with Crippen LogP contribution in [0.3, 0.4) is 0 Å². The van der Waals surface area contributed by atoms with Crippen molar-refractivity contribution >= 4 is 23.1 Å². The number of allylic oxidation sites excluding steroid dienone is 6. The van der Waals surface area contributed by atoms with Crippen molar-refractivity contribution in [2.24, 2.45) is 28.1 Å². The Balaban J connectivity index is 2.89. The van der Waals surface area contributed by atoms with Crippen molar-refractivity contribution in [3.8, 4) is 0 Å². The molecule has 0 amide bonds. The summed E-state index contributed by atoms with van der Waals surface area (Å²) in [6.45, 7) is 17.5. The minimum Gasteiger partial charge on any atom is -0.298 e. The number of ketones is 4. The smallest absolute Gasteiger partial charge is 0.168 e. The van der Waals surface area contributed by atoms with Crippen LogP contribution >= 0.6 is 0 Å². The highest BCUT2D eigenvalue weighted by Gasteiger charge is 2.76. The van der Waals surface area contributed by atoms with Gasteiger partial charge in [-0.2, -0.15) is 0 Å². The first-order valence-electron chi connectivity index (χ1n) is 12.7. The van der Waals surface area contributed by atoms with Crippen LogP contribution in [0.15, 0.2) is 34.9 Å². The Kier molecular flexibility index (Phi) is 8.49. The fourth-order valence-corrected chi connectivity index (χ4v) is 6.20. The van der Waals surface area contributed by atoms with Crippen molar-refractivity contribution in [2.45, 2.75) is 101 Å². The summed E-state index contributed by atoms with van der Waals surface area (Å²) < 4.78 is 0. The molecule has 2 fully saturated rings. The number of Topliss-reactive ketones (excluding diaryl/α,β-unsaturated/α-hetero) is 4. The van der Waals surface area contributed by atoms with Crippen molar-refractivity contribution in [3.63, 3.8) is 0 Å². The number of fused-ring (bicyclic) bond motifs is 2. The summed E-state index contributed by atoms with van der Waals surface area (Å²) in [5.74, 6) is -2.13. The molecule has 0 aromatic rings. The molecule has 2 rings (SSSR count). The Labute approximate surface area is 206 Å². The lowest BCUT2D eigenvalue weighted by Gasteiger charge is -2.60. The summed E-state index contributed by atoms with van der Waals surface area (Å²) in [5, 5.41) is 0. The highest BCUT2D eigenvalue weighted by molar-refractivity contribution is 6.37. The second-order valence-electron chi connectivity index (χ2n) is 11.8. The molecule has 2 aliphatic rings. The molecule has 4 nitrogen and oxygen atoms in total. The Morgan fingerprint density at radius 3 is 1.97 bits per heavy atom. The molecule has 0 aromatic heterocycles. The molecule has 0 N–H and O–H groups in total. The van der Waals surface area contributed by atoms with Crippen molar-refractivity contribution < 1.29 is 19.2 Å². The van der Waals surface area contributed by atoms with Crippen LogP contribution in [0.5, 0.6) is 0 Å². The van der Waals surface area contributed by atoms with E-state index in [1.807, 2.05) is 54.5 Å². The average molecular weight is 469 g/mol. The number of carbonyl (C=O) groups excluding carboxylic acids is 4. The van der Waals surface area contributed by atoms with Crippen LogP contribution in [0.4, 0.5) is 0 Å². The lowest BCUT2D eigenvalue weighted by Crippen LogP contribution is -2.72. The summed E-state index contributed by atoms with van der Waals surface area (Å²) in [4.78, 5) is 55.9. The molecule has 2 aliphatic carbocycles. The van der Waals surface area contributed by atoms with E-state index in [-0.39, 0.29) is 30.3 Å². The van der Waals surface area contributed by atoms with Gasteiger partial charge in [0.2, 0.25) is 0 Å². The minimum absolute atomic E-state index is 0.132. The summed E-state index contributed by atoms with van der Waals surface area (Å²) in [6, 6.07) is 0. The van der Waals surface area contributed by atoms with E-state index in [0.717, 1.165) is 11.1 Å². The molecule has 188 valence electrons. The predicted octanol–water partition coefficient (Wildman–Crippen LogP) is 6.78. The average Bonchev–Trinajstić information content (AvgIpc) is 2.71. The third-order valence-electron chi connectivity index (χ3n) is 8.18. The van der Waals surface area contributed by atoms with Gasteiger partial charge < -0.3 is 0 Å². The topological polar surface area (TPSA) is 68.3 Å². The standard InChI is InChI=1S/C30H44O4/c1-19(2)11-10-15-28(9)23(13-12-20(3)4)18-29(16-14-21(5)6)24(31)17-25(32)30(28,27(29)34)26(33)22(7)8/h11-12,14,22-23H,10,13,15-18H2,1-9H3. The molecule has 0 spiro atoms. The maximum atomic E-state index is 14.5. The van der Waals surface area contributed by atoms with E-state index in [2.05, 4.69) is 12.2 Å². The molecule has 2 saturated carbocycles. The first kappa shape index (κ1) is 28.1. The third-order valence-corrected chi connectivity index (χ3v) is 8.18. The molecule has 0 radical (unpaired) electrons. The van der Waals surface area contributed by atoms with Gasteiger partial charge in [-0.1, -0.05) is 55.7 Å². The van der Waals surface area contributed by atoms with E-state index in [1.54, 1.807) is 13.8 Å². The molecule has 4 unspecified atom stereocenters. The molecule has 34 heavy (non-hydrogen) atoms. The van der Waals surface area contributed by atoms with Gasteiger partial charge in [0.15, 0.2) is 28.5 Å². The van der Waals surface area contributed by atoms with Gasteiger partial charge in [0.05, 0.1) is 11.8 Å². The lowest BCUT2D eigenvalue weighted by molar-refractivity contribution is -0.186. The summed E-state index contributed by atoms with van der Waals surface area (Å²) in [6.07, 6.45) is 8.40. The molecular weight excluding hydrogens is 424 g/mol. The van der Waals surface area contributed by atoms with Crippen molar-refractivity contribution in [1.29, 1.82) is 0 Å². The summed E-state index contributed by atoms with van der Waals surface area (Å²) in [7, 11) is 0. The second kappa shape index (κ2) is 10.3. The maximum absolute atomic E-state index is 14.5. The zero-order valence-corrected chi connectivity index (χ0v) is 22.8. The Hall–Kier alpha value is -2.10. The lowest BCUT2D eigenvalue weighted by atomic mass is 9.37. The molecule has 0 aromatic carbocycles. The van der Waals surface area contributed by atoms with Crippen LogP contribution in [0, 0.1) is 28.1 Å². The molecule has 2 bridgehead atoms. The molecule has 0 heterocycles. The Morgan fingerprint density at radius 1 is 0.912 bits per heavy atom. The maximum Gasteiger partial charge on any atom is 0.168 e. The van der Waals surface area contributed by atoms with E-state index in [0.29, 0.717) is 25.7 Å². The highest BCUT2D eigenvalue weighted by Crippen LogP contribution is 2.65. The molecule has 0 aliphatic heterocycles. The quantitative estimate of drug-likeness (QED) is 0.276. The van der Waals surface area contributed by atoms with Gasteiger partial charge in [-0.25, -0.2) is 0 Å². The number of carbonyl (C=O) groups is 4. The van der Waals surface area contributed by atoms with E-state index in [1.165, 1.54) is 5.57 Å². The van der Waals surface area contributed by atoms with E-state index in [4.69, 9.17) is 0 Å². The predicted molar refractivity (Wildman–Crippen MR) is 137 cm³/mol. The monoisotopic (exact) mass is 468 g/mol. The van der Waals surface area contributed by atoms with Gasteiger partial charge in [-0.3, -0.25) is 19.2 Å². The fraction of sp³-hybridized carbons (Fsp3) is 0.667. The Bertz CT molecular complexity index is 950. The highest BCUT2D eigenvalue weighted by atomic mass is 16.2. The zero-order valence-electron chi connectivity index (χ0n) is 22.8. The van der Waals surface area contributed by atoms with Crippen molar-refractivity contribution in [1.82, 2.24) is 0 Å². The largest absolute Gasteiger partial charge is 0.298 e. The summed E-state index contributed by atoms with van der Waals surface area (Å²) in [5.41, 5.74) is -0.585. The molecule has 0 saturated heterocycles. The van der Waals surface area contributed by atoms with Crippen LogP contribution in [0.2, 0.25) is 0 Å². The Morgan fingerprint density at radius 2 is 1.47 bits per heavy atom. The van der Waals surface area contributed by atoms with E-state index < -0.39 is 33.7 Å². The SMILES string of the molecule is CC(C)=CCCC1(C)C(CC=C(C)C)CC2(CC=C(C)C)C(=O)CC(=O)C1(C(=O)C(C)C)C2=O. The van der Waals surface area contributed by atoms with E-state index >= 15 is 0 Å². The zero-order chi connectivity index (χ0) is 26.1. The van der Waals surface area contributed by atoms with Crippen molar-refractivity contribution in [2.75, 3.05) is 0 Å². The van der Waals surface area contributed by atoms with Crippen LogP contribution in [0.1, 0.15) is 101 Å². The number of rotatable bonds is 9. The van der Waals surface area contributed by atoms with Gasteiger partial charge in [0.25, 0.3) is 0 Å². The van der Waals surface area contributed by atoms with Gasteiger partial charge >= 0.3 is 0 Å². The van der Waals surface area contributed by atoms with Gasteiger partial charge in [-0.15, -0.1) is 0 Å². The third kappa shape index (κ3) is 4.57. The molecular formula is C30H44O4. The van der Waals surface area contributed by atoms with Crippen LogP contribution < -0.4 is 0 Å². The van der Waals surface area contributed by atoms with Crippen molar-refractivity contribution in [3.05, 3.63) is 34.9 Å². The van der Waals surface area contributed by atoms with E-state index in [9.17, 15) is 19.2 Å². The fourth-order valence-electron chi connectivity index (χ4n) is 6.20. The first-order chi connectivity index (χ1) is 15.7. The molecule has 4 atom stereocenters. The summed E-state index contributed by atoms with van der Waals surface area (Å²) >= 11 is 0. The minimum atomic E-state index is -1.77. The van der Waals surface area contributed by atoms with Crippen LogP contribution in [0.25, 0.3) is 0 Å².